The summed E-state index contributed by atoms with van der Waals surface area (Å²) in [6, 6.07) is 16.3. The number of aliphatic hydroxyl groups is 2. The van der Waals surface area contributed by atoms with Gasteiger partial charge in [0.25, 0.3) is 5.91 Å². The fraction of sp³-hybridized carbons (Fsp3) is 0.321. The van der Waals surface area contributed by atoms with Gasteiger partial charge in [-0.3, -0.25) is 4.79 Å². The Morgan fingerprint density at radius 1 is 1.08 bits per heavy atom. The smallest absolute Gasteiger partial charge is 0.251 e. The molecule has 0 spiro atoms. The van der Waals surface area contributed by atoms with Crippen LogP contribution in [0.25, 0.3) is 0 Å². The van der Waals surface area contributed by atoms with Crippen LogP contribution >= 0.6 is 11.6 Å². The Bertz CT molecular complexity index is 1200. The number of rotatable bonds is 11. The molecular formula is C28H32ClFN2O4. The van der Waals surface area contributed by atoms with Crippen molar-refractivity contribution < 1.29 is 24.5 Å². The van der Waals surface area contributed by atoms with Gasteiger partial charge >= 0.3 is 0 Å². The van der Waals surface area contributed by atoms with E-state index in [1.54, 1.807) is 24.3 Å². The third kappa shape index (κ3) is 7.77. The van der Waals surface area contributed by atoms with Crippen LogP contribution in [0, 0.1) is 5.82 Å². The molecule has 0 bridgehead atoms. The molecule has 36 heavy (non-hydrogen) atoms. The van der Waals surface area contributed by atoms with Crippen LogP contribution < -0.4 is 10.6 Å². The van der Waals surface area contributed by atoms with Gasteiger partial charge in [-0.05, 0) is 85.8 Å². The second-order valence-electron chi connectivity index (χ2n) is 9.45. The molecule has 0 aromatic heterocycles. The molecule has 0 saturated heterocycles. The highest BCUT2D eigenvalue weighted by Crippen LogP contribution is 2.23. The average molecular weight is 515 g/mol. The molecule has 0 unspecified atom stereocenters. The van der Waals surface area contributed by atoms with Crippen molar-refractivity contribution in [1.82, 2.24) is 10.6 Å². The summed E-state index contributed by atoms with van der Waals surface area (Å²) in [5.74, 6) is -0.607. The first-order valence-electron chi connectivity index (χ1n) is 11.7. The first-order valence-corrected chi connectivity index (χ1v) is 12.1. The first kappa shape index (κ1) is 27.6. The van der Waals surface area contributed by atoms with E-state index >= 15 is 0 Å². The van der Waals surface area contributed by atoms with E-state index in [0.717, 1.165) is 5.56 Å². The van der Waals surface area contributed by atoms with E-state index in [1.165, 1.54) is 18.2 Å². The Balaban J connectivity index is 1.55. The average Bonchev–Trinajstić information content (AvgIpc) is 2.84. The van der Waals surface area contributed by atoms with E-state index < -0.39 is 11.6 Å². The lowest BCUT2D eigenvalue weighted by atomic mass is 9.93. The zero-order chi connectivity index (χ0) is 26.3. The van der Waals surface area contributed by atoms with E-state index in [9.17, 15) is 24.5 Å². The maximum absolute atomic E-state index is 13.9. The van der Waals surface area contributed by atoms with Gasteiger partial charge in [-0.1, -0.05) is 29.8 Å². The van der Waals surface area contributed by atoms with Crippen LogP contribution in [-0.2, 0) is 19.4 Å². The second-order valence-corrected chi connectivity index (χ2v) is 9.88. The van der Waals surface area contributed by atoms with Crippen molar-refractivity contribution in [3.05, 3.63) is 99.3 Å². The van der Waals surface area contributed by atoms with Crippen LogP contribution in [0.5, 0.6) is 5.75 Å². The molecule has 0 fully saturated rings. The molecule has 0 heterocycles. The zero-order valence-electron chi connectivity index (χ0n) is 20.4. The molecule has 0 aliphatic rings. The summed E-state index contributed by atoms with van der Waals surface area (Å²) in [7, 11) is 0. The van der Waals surface area contributed by atoms with Crippen molar-refractivity contribution in [3.8, 4) is 5.75 Å². The fourth-order valence-corrected chi connectivity index (χ4v) is 4.17. The molecule has 5 N–H and O–H groups in total. The Morgan fingerprint density at radius 2 is 1.86 bits per heavy atom. The van der Waals surface area contributed by atoms with Crippen LogP contribution in [0.15, 0.2) is 60.7 Å². The Morgan fingerprint density at radius 3 is 2.61 bits per heavy atom. The lowest BCUT2D eigenvalue weighted by molar-refractivity contribution is 0.0954. The molecule has 1 amide bonds. The Labute approximate surface area is 215 Å². The van der Waals surface area contributed by atoms with E-state index in [1.807, 2.05) is 32.0 Å². The molecule has 3 rings (SSSR count). The number of β-amino-alcohol motifs (C(OH)–C–C–N with tert-alkyl or cyclic N) is 1. The molecule has 0 radical (unpaired) electrons. The highest BCUT2D eigenvalue weighted by molar-refractivity contribution is 6.30. The van der Waals surface area contributed by atoms with Gasteiger partial charge < -0.3 is 26.0 Å². The quantitative estimate of drug-likeness (QED) is 0.263. The molecule has 0 aliphatic heterocycles. The number of benzene rings is 3. The maximum atomic E-state index is 13.9. The minimum atomic E-state index is -0.823. The number of nitrogens with one attached hydrogen (secondary N) is 2. The summed E-state index contributed by atoms with van der Waals surface area (Å²) in [4.78, 5) is 12.6. The summed E-state index contributed by atoms with van der Waals surface area (Å²) in [6.45, 7) is 4.24. The molecule has 3 aromatic rings. The predicted octanol–water partition coefficient (Wildman–Crippen LogP) is 4.29. The van der Waals surface area contributed by atoms with Crippen molar-refractivity contribution >= 4 is 17.5 Å². The van der Waals surface area contributed by atoms with Gasteiger partial charge in [0.05, 0.1) is 12.7 Å². The van der Waals surface area contributed by atoms with Crippen molar-refractivity contribution in [2.24, 2.45) is 0 Å². The van der Waals surface area contributed by atoms with Crippen LogP contribution in [0.2, 0.25) is 5.02 Å². The fourth-order valence-electron chi connectivity index (χ4n) is 3.97. The second kappa shape index (κ2) is 12.3. The Hall–Kier alpha value is -2.97. The normalized spacial score (nSPS) is 12.4. The highest BCUT2D eigenvalue weighted by Gasteiger charge is 2.21. The number of aromatic hydroxyl groups is 1. The molecule has 3 aromatic carbocycles. The van der Waals surface area contributed by atoms with Gasteiger partial charge in [0, 0.05) is 34.8 Å². The van der Waals surface area contributed by atoms with E-state index in [-0.39, 0.29) is 37.2 Å². The van der Waals surface area contributed by atoms with Gasteiger partial charge in [-0.2, -0.15) is 0 Å². The summed E-state index contributed by atoms with van der Waals surface area (Å²) in [6.07, 6.45) is 0.112. The van der Waals surface area contributed by atoms with Crippen molar-refractivity contribution in [1.29, 1.82) is 0 Å². The van der Waals surface area contributed by atoms with Crippen molar-refractivity contribution in [2.75, 3.05) is 13.1 Å². The lowest BCUT2D eigenvalue weighted by Gasteiger charge is -2.28. The molecule has 1 atom stereocenters. The van der Waals surface area contributed by atoms with Gasteiger partial charge in [0.1, 0.15) is 11.6 Å². The first-order chi connectivity index (χ1) is 17.1. The maximum Gasteiger partial charge on any atom is 0.251 e. The van der Waals surface area contributed by atoms with Crippen molar-refractivity contribution in [2.45, 2.75) is 44.9 Å². The van der Waals surface area contributed by atoms with E-state index in [2.05, 4.69) is 10.6 Å². The summed E-state index contributed by atoms with van der Waals surface area (Å²) in [5.41, 5.74) is 2.47. The molecular weight excluding hydrogens is 483 g/mol. The molecule has 8 heteroatoms. The monoisotopic (exact) mass is 514 g/mol. The topological polar surface area (TPSA) is 102 Å². The number of carbonyl (C=O) groups is 1. The molecule has 0 saturated carbocycles. The number of aliphatic hydroxyl groups excluding tert-OH is 2. The predicted molar refractivity (Wildman–Crippen MR) is 139 cm³/mol. The van der Waals surface area contributed by atoms with E-state index in [0.29, 0.717) is 40.1 Å². The van der Waals surface area contributed by atoms with Gasteiger partial charge in [0.2, 0.25) is 0 Å². The van der Waals surface area contributed by atoms with Crippen LogP contribution in [0.4, 0.5) is 4.39 Å². The summed E-state index contributed by atoms with van der Waals surface area (Å²) in [5, 5.41) is 36.2. The third-order valence-corrected chi connectivity index (χ3v) is 6.19. The van der Waals surface area contributed by atoms with E-state index in [4.69, 9.17) is 11.6 Å². The molecule has 192 valence electrons. The number of halogens is 2. The third-order valence-electron chi connectivity index (χ3n) is 5.96. The van der Waals surface area contributed by atoms with Gasteiger partial charge in [0.15, 0.2) is 0 Å². The summed E-state index contributed by atoms with van der Waals surface area (Å²) >= 11 is 5.92. The zero-order valence-corrected chi connectivity index (χ0v) is 21.1. The van der Waals surface area contributed by atoms with Crippen LogP contribution in [0.3, 0.4) is 0 Å². The van der Waals surface area contributed by atoms with Crippen LogP contribution in [0.1, 0.15) is 52.6 Å². The number of carbonyl (C=O) groups excluding carboxylic acids is 1. The van der Waals surface area contributed by atoms with Gasteiger partial charge in [-0.25, -0.2) is 4.39 Å². The summed E-state index contributed by atoms with van der Waals surface area (Å²) < 4.78 is 13.9. The van der Waals surface area contributed by atoms with Crippen molar-refractivity contribution in [3.63, 3.8) is 0 Å². The highest BCUT2D eigenvalue weighted by atomic mass is 35.5. The number of hydrogen-bond acceptors (Lipinski definition) is 5. The number of phenols is 1. The SMILES string of the molecule is CC(C)(Cc1cccc(C(=O)NCCc2cc(Cl)ccc2F)c1)NC[C@@H](O)c1ccc(O)c(CO)c1. The molecule has 6 nitrogen and oxygen atoms in total. The number of hydrogen-bond donors (Lipinski definition) is 5. The lowest BCUT2D eigenvalue weighted by Crippen LogP contribution is -2.43. The van der Waals surface area contributed by atoms with Gasteiger partial charge in [-0.15, -0.1) is 0 Å². The molecule has 0 aliphatic carbocycles. The minimum absolute atomic E-state index is 0.0118. The van der Waals surface area contributed by atoms with Crippen LogP contribution in [-0.4, -0.2) is 39.9 Å². The Kier molecular flexibility index (Phi) is 9.45. The number of amides is 1. The minimum Gasteiger partial charge on any atom is -0.508 e. The standard InChI is InChI=1S/C28H32ClFN2O4/c1-28(2,32-16-26(35)20-6-9-25(34)22(13-20)17-33)15-18-4-3-5-21(12-18)27(36)31-11-10-19-14-23(29)7-8-24(19)30/h3-9,12-14,26,32-35H,10-11,15-17H2,1-2H3,(H,31,36)/t26-/m1/s1. The largest absolute Gasteiger partial charge is 0.508 e.